The third kappa shape index (κ3) is 6.79. The largest absolute Gasteiger partial charge is 0.357 e. The third-order valence-corrected chi connectivity index (χ3v) is 6.36. The molecular weight excluding hydrogens is 505 g/mol. The van der Waals surface area contributed by atoms with Gasteiger partial charge in [0.1, 0.15) is 11.6 Å². The Labute approximate surface area is 204 Å². The fourth-order valence-corrected chi connectivity index (χ4v) is 4.72. The molecule has 3 rings (SSSR count). The van der Waals surface area contributed by atoms with Gasteiger partial charge in [-0.05, 0) is 39.0 Å². The fraction of sp³-hybridized carbons (Fsp3) is 0.818. The average Bonchev–Trinajstić information content (AvgIpc) is 3.30. The van der Waals surface area contributed by atoms with Crippen LogP contribution in [0.4, 0.5) is 0 Å². The molecule has 1 fully saturated rings. The molecule has 0 radical (unpaired) electrons. The van der Waals surface area contributed by atoms with Crippen LogP contribution in [0.2, 0.25) is 0 Å². The zero-order valence-electron chi connectivity index (χ0n) is 19.5. The van der Waals surface area contributed by atoms with Crippen LogP contribution in [-0.2, 0) is 24.2 Å². The van der Waals surface area contributed by atoms with Crippen molar-refractivity contribution in [3.8, 4) is 0 Å². The van der Waals surface area contributed by atoms with E-state index < -0.39 is 0 Å². The number of aryl methyl sites for hydroxylation is 2. The van der Waals surface area contributed by atoms with E-state index in [0.29, 0.717) is 6.54 Å². The Bertz CT molecular complexity index is 725. The van der Waals surface area contributed by atoms with Crippen molar-refractivity contribution in [3.05, 3.63) is 11.6 Å². The van der Waals surface area contributed by atoms with Gasteiger partial charge in [0.15, 0.2) is 5.96 Å². The summed E-state index contributed by atoms with van der Waals surface area (Å²) in [7, 11) is 3.70. The Balaban J connectivity index is 0.00000341. The van der Waals surface area contributed by atoms with Crippen molar-refractivity contribution in [2.45, 2.75) is 77.7 Å². The predicted molar refractivity (Wildman–Crippen MR) is 135 cm³/mol. The van der Waals surface area contributed by atoms with Crippen LogP contribution >= 0.6 is 24.0 Å². The van der Waals surface area contributed by atoms with Crippen molar-refractivity contribution in [2.24, 2.45) is 10.4 Å². The first kappa shape index (κ1) is 25.9. The second-order valence-corrected chi connectivity index (χ2v) is 8.91. The first-order valence-corrected chi connectivity index (χ1v) is 11.7. The molecule has 1 aliphatic carbocycles. The van der Waals surface area contributed by atoms with E-state index in [0.717, 1.165) is 82.2 Å². The van der Waals surface area contributed by atoms with Crippen molar-refractivity contribution in [1.29, 1.82) is 0 Å². The van der Waals surface area contributed by atoms with E-state index in [1.807, 2.05) is 14.1 Å². The van der Waals surface area contributed by atoms with E-state index in [4.69, 9.17) is 4.99 Å². The number of aromatic nitrogens is 3. The van der Waals surface area contributed by atoms with Gasteiger partial charge in [-0.2, -0.15) is 0 Å². The standard InChI is InChI=1S/C22H39N7O.HI/c1-4-23-21(25-17-22(13-7-8-14-22)20(30)28(2)3)24-15-10-12-19-27-26-18-11-6-5-9-16-29(18)19;/h4-17H2,1-3H3,(H2,23,24,25);1H. The molecule has 1 saturated carbocycles. The number of carbonyl (C=O) groups is 1. The van der Waals surface area contributed by atoms with E-state index in [2.05, 4.69) is 32.3 Å². The SMILES string of the molecule is CCNC(=NCC1(C(=O)N(C)C)CCCC1)NCCCc1nnc2n1CCCCC2.I. The van der Waals surface area contributed by atoms with Gasteiger partial charge in [-0.3, -0.25) is 9.79 Å². The van der Waals surface area contributed by atoms with Gasteiger partial charge in [0.2, 0.25) is 5.91 Å². The highest BCUT2D eigenvalue weighted by molar-refractivity contribution is 14.0. The van der Waals surface area contributed by atoms with Gasteiger partial charge in [0, 0.05) is 46.6 Å². The summed E-state index contributed by atoms with van der Waals surface area (Å²) < 4.78 is 2.32. The second kappa shape index (κ2) is 12.6. The van der Waals surface area contributed by atoms with Crippen molar-refractivity contribution in [3.63, 3.8) is 0 Å². The van der Waals surface area contributed by atoms with Crippen molar-refractivity contribution < 1.29 is 4.79 Å². The lowest BCUT2D eigenvalue weighted by Crippen LogP contribution is -2.43. The Hall–Kier alpha value is -1.39. The number of fused-ring (bicyclic) bond motifs is 1. The molecule has 0 bridgehead atoms. The van der Waals surface area contributed by atoms with Gasteiger partial charge in [-0.25, -0.2) is 0 Å². The molecule has 1 aromatic heterocycles. The van der Waals surface area contributed by atoms with Crippen LogP contribution in [0, 0.1) is 5.41 Å². The number of hydrogen-bond donors (Lipinski definition) is 2. The molecule has 1 amide bonds. The molecule has 2 heterocycles. The van der Waals surface area contributed by atoms with E-state index >= 15 is 0 Å². The van der Waals surface area contributed by atoms with Crippen molar-refractivity contribution in [2.75, 3.05) is 33.7 Å². The summed E-state index contributed by atoms with van der Waals surface area (Å²) in [5.41, 5.74) is -0.328. The second-order valence-electron chi connectivity index (χ2n) is 8.91. The Kier molecular flexibility index (Phi) is 10.5. The van der Waals surface area contributed by atoms with Crippen molar-refractivity contribution >= 4 is 35.8 Å². The summed E-state index contributed by atoms with van der Waals surface area (Å²) in [4.78, 5) is 19.3. The van der Waals surface area contributed by atoms with Gasteiger partial charge in [0.05, 0.1) is 12.0 Å². The number of nitrogens with zero attached hydrogens (tertiary/aromatic N) is 5. The summed E-state index contributed by atoms with van der Waals surface area (Å²) in [5, 5.41) is 15.6. The summed E-state index contributed by atoms with van der Waals surface area (Å²) in [6, 6.07) is 0. The van der Waals surface area contributed by atoms with Crippen LogP contribution in [0.25, 0.3) is 0 Å². The maximum absolute atomic E-state index is 12.8. The zero-order valence-corrected chi connectivity index (χ0v) is 21.8. The molecule has 8 nitrogen and oxygen atoms in total. The lowest BCUT2D eigenvalue weighted by molar-refractivity contribution is -0.138. The van der Waals surface area contributed by atoms with Gasteiger partial charge >= 0.3 is 0 Å². The molecule has 0 unspecified atom stereocenters. The van der Waals surface area contributed by atoms with Gasteiger partial charge in [-0.15, -0.1) is 34.2 Å². The van der Waals surface area contributed by atoms with E-state index in [1.54, 1.807) is 4.90 Å². The minimum absolute atomic E-state index is 0. The maximum Gasteiger partial charge on any atom is 0.230 e. The highest BCUT2D eigenvalue weighted by Crippen LogP contribution is 2.39. The molecule has 0 aromatic carbocycles. The number of hydrogen-bond acceptors (Lipinski definition) is 4. The quantitative estimate of drug-likeness (QED) is 0.227. The molecule has 1 aliphatic heterocycles. The number of carbonyl (C=O) groups excluding carboxylic acids is 1. The summed E-state index contributed by atoms with van der Waals surface area (Å²) in [5.74, 6) is 3.28. The average molecular weight is 546 g/mol. The number of rotatable bonds is 8. The first-order chi connectivity index (χ1) is 14.6. The van der Waals surface area contributed by atoms with Crippen LogP contribution in [-0.4, -0.2) is 65.3 Å². The van der Waals surface area contributed by atoms with E-state index in [1.165, 1.54) is 19.3 Å². The van der Waals surface area contributed by atoms with E-state index in [9.17, 15) is 4.79 Å². The lowest BCUT2D eigenvalue weighted by atomic mass is 9.85. The van der Waals surface area contributed by atoms with Crippen LogP contribution in [0.15, 0.2) is 4.99 Å². The normalized spacial score (nSPS) is 18.0. The highest BCUT2D eigenvalue weighted by Gasteiger charge is 2.42. The van der Waals surface area contributed by atoms with Crippen LogP contribution in [0.5, 0.6) is 0 Å². The van der Waals surface area contributed by atoms with Crippen LogP contribution < -0.4 is 10.6 Å². The summed E-state index contributed by atoms with van der Waals surface area (Å²) in [6.45, 7) is 5.30. The van der Waals surface area contributed by atoms with E-state index in [-0.39, 0.29) is 35.3 Å². The topological polar surface area (TPSA) is 87.4 Å². The number of guanidine groups is 1. The van der Waals surface area contributed by atoms with Gasteiger partial charge < -0.3 is 20.1 Å². The van der Waals surface area contributed by atoms with Crippen LogP contribution in [0.1, 0.15) is 69.9 Å². The maximum atomic E-state index is 12.8. The molecular formula is C22H40IN7O. The monoisotopic (exact) mass is 545 g/mol. The Morgan fingerprint density at radius 2 is 1.90 bits per heavy atom. The van der Waals surface area contributed by atoms with Crippen LogP contribution in [0.3, 0.4) is 0 Å². The zero-order chi connectivity index (χ0) is 21.4. The fourth-order valence-electron chi connectivity index (χ4n) is 4.72. The molecule has 176 valence electrons. The third-order valence-electron chi connectivity index (χ3n) is 6.36. The molecule has 9 heteroatoms. The smallest absolute Gasteiger partial charge is 0.230 e. The molecule has 0 saturated heterocycles. The minimum Gasteiger partial charge on any atom is -0.357 e. The minimum atomic E-state index is -0.328. The number of amides is 1. The number of halogens is 1. The molecule has 2 N–H and O–H groups in total. The molecule has 0 spiro atoms. The molecule has 31 heavy (non-hydrogen) atoms. The van der Waals surface area contributed by atoms with Gasteiger partial charge in [-0.1, -0.05) is 19.3 Å². The Morgan fingerprint density at radius 3 is 2.61 bits per heavy atom. The highest BCUT2D eigenvalue weighted by atomic mass is 127. The predicted octanol–water partition coefficient (Wildman–Crippen LogP) is 2.76. The first-order valence-electron chi connectivity index (χ1n) is 11.7. The Morgan fingerprint density at radius 1 is 1.13 bits per heavy atom. The number of nitrogens with one attached hydrogen (secondary N) is 2. The molecule has 2 aliphatic rings. The van der Waals surface area contributed by atoms with Gasteiger partial charge in [0.25, 0.3) is 0 Å². The summed E-state index contributed by atoms with van der Waals surface area (Å²) >= 11 is 0. The summed E-state index contributed by atoms with van der Waals surface area (Å²) in [6.07, 6.45) is 10.8. The molecule has 0 atom stereocenters. The lowest BCUT2D eigenvalue weighted by Gasteiger charge is -2.29. The molecule has 1 aromatic rings. The van der Waals surface area contributed by atoms with Crippen molar-refractivity contribution in [1.82, 2.24) is 30.3 Å². The number of aliphatic imine (C=N–C) groups is 1.